The van der Waals surface area contributed by atoms with Crippen molar-refractivity contribution in [1.29, 1.82) is 0 Å². The summed E-state index contributed by atoms with van der Waals surface area (Å²) in [7, 11) is -3.53. The largest absolute Gasteiger partial charge is 0.480 e. The van der Waals surface area contributed by atoms with Crippen molar-refractivity contribution < 1.29 is 28.9 Å². The molecule has 9 heteroatoms. The number of unbranched alkanes of at least 4 members (excludes halogenated alkanes) is 1. The number of nitrogens with zero attached hydrogens (tertiary/aromatic N) is 1. The monoisotopic (exact) mass is 502 g/mol. The van der Waals surface area contributed by atoms with Crippen LogP contribution >= 0.6 is 7.37 Å². The molecule has 2 amide bonds. The summed E-state index contributed by atoms with van der Waals surface area (Å²) in [6.45, 7) is 2.33. The Hall–Kier alpha value is -2.70. The maximum atomic E-state index is 12.8. The molecule has 3 atom stereocenters. The van der Waals surface area contributed by atoms with E-state index in [1.54, 1.807) is 0 Å². The first kappa shape index (κ1) is 26.9. The number of carbonyl (C=O) groups excluding carboxylic acids is 2. The van der Waals surface area contributed by atoms with Crippen LogP contribution in [0.1, 0.15) is 51.0 Å². The van der Waals surface area contributed by atoms with E-state index in [1.807, 2.05) is 49.4 Å². The SMILES string of the molecule is CCCC[C@H](NC(=O)C1CCCN1C(=O)CCP(=O)(O)CCc1ccc2ccccc2c1)C(=O)O. The van der Waals surface area contributed by atoms with E-state index in [2.05, 4.69) is 5.32 Å². The van der Waals surface area contributed by atoms with Gasteiger partial charge in [-0.1, -0.05) is 62.2 Å². The highest BCUT2D eigenvalue weighted by Crippen LogP contribution is 2.42. The van der Waals surface area contributed by atoms with Crippen LogP contribution in [-0.4, -0.2) is 63.6 Å². The molecular weight excluding hydrogens is 467 g/mol. The third kappa shape index (κ3) is 7.64. The van der Waals surface area contributed by atoms with Crippen LogP contribution in [0.4, 0.5) is 0 Å². The molecule has 2 aromatic rings. The van der Waals surface area contributed by atoms with Crippen molar-refractivity contribution in [3.8, 4) is 0 Å². The lowest BCUT2D eigenvalue weighted by Crippen LogP contribution is -2.50. The molecule has 35 heavy (non-hydrogen) atoms. The third-order valence-electron chi connectivity index (χ3n) is 6.58. The number of hydrogen-bond acceptors (Lipinski definition) is 4. The Morgan fingerprint density at radius 2 is 1.89 bits per heavy atom. The summed E-state index contributed by atoms with van der Waals surface area (Å²) >= 11 is 0. The molecule has 1 heterocycles. The average Bonchev–Trinajstić information content (AvgIpc) is 3.34. The number of aliphatic carboxylic acids is 1. The lowest BCUT2D eigenvalue weighted by atomic mass is 10.1. The Kier molecular flexibility index (Phi) is 9.47. The van der Waals surface area contributed by atoms with E-state index < -0.39 is 31.3 Å². The molecule has 8 nitrogen and oxygen atoms in total. The fourth-order valence-corrected chi connectivity index (χ4v) is 5.87. The summed E-state index contributed by atoms with van der Waals surface area (Å²) in [6, 6.07) is 12.2. The van der Waals surface area contributed by atoms with E-state index in [-0.39, 0.29) is 24.7 Å². The van der Waals surface area contributed by atoms with Gasteiger partial charge < -0.3 is 20.2 Å². The lowest BCUT2D eigenvalue weighted by molar-refractivity contribution is -0.144. The van der Waals surface area contributed by atoms with Gasteiger partial charge in [-0.15, -0.1) is 0 Å². The maximum Gasteiger partial charge on any atom is 0.326 e. The number of carboxylic acids is 1. The summed E-state index contributed by atoms with van der Waals surface area (Å²) in [5.74, 6) is -1.90. The molecule has 0 aromatic heterocycles. The van der Waals surface area contributed by atoms with E-state index in [4.69, 9.17) is 0 Å². The molecule has 0 spiro atoms. The van der Waals surface area contributed by atoms with Crippen LogP contribution in [0.3, 0.4) is 0 Å². The Morgan fingerprint density at radius 1 is 1.14 bits per heavy atom. The van der Waals surface area contributed by atoms with Gasteiger partial charge in [0.25, 0.3) is 0 Å². The van der Waals surface area contributed by atoms with E-state index >= 15 is 0 Å². The Morgan fingerprint density at radius 3 is 2.60 bits per heavy atom. The van der Waals surface area contributed by atoms with Gasteiger partial charge in [-0.3, -0.25) is 14.2 Å². The number of nitrogens with one attached hydrogen (secondary N) is 1. The minimum atomic E-state index is -3.53. The molecule has 2 aromatic carbocycles. The van der Waals surface area contributed by atoms with Crippen molar-refractivity contribution >= 4 is 35.9 Å². The van der Waals surface area contributed by atoms with Crippen molar-refractivity contribution in [2.75, 3.05) is 18.9 Å². The fraction of sp³-hybridized carbons (Fsp3) is 0.500. The van der Waals surface area contributed by atoms with Gasteiger partial charge in [0, 0.05) is 25.3 Å². The molecule has 0 aliphatic carbocycles. The molecule has 1 fully saturated rings. The summed E-state index contributed by atoms with van der Waals surface area (Å²) < 4.78 is 12.7. The zero-order chi connectivity index (χ0) is 25.4. The van der Waals surface area contributed by atoms with Crippen molar-refractivity contribution in [2.24, 2.45) is 0 Å². The van der Waals surface area contributed by atoms with Crippen molar-refractivity contribution in [3.63, 3.8) is 0 Å². The number of rotatable bonds is 12. The summed E-state index contributed by atoms with van der Waals surface area (Å²) in [6.07, 6.45) is 3.18. The van der Waals surface area contributed by atoms with Crippen LogP contribution in [0.2, 0.25) is 0 Å². The van der Waals surface area contributed by atoms with Crippen molar-refractivity contribution in [3.05, 3.63) is 48.0 Å². The highest BCUT2D eigenvalue weighted by molar-refractivity contribution is 7.58. The van der Waals surface area contributed by atoms with Gasteiger partial charge in [0.05, 0.1) is 0 Å². The number of carbonyl (C=O) groups is 3. The zero-order valence-electron chi connectivity index (χ0n) is 20.2. The van der Waals surface area contributed by atoms with Crippen LogP contribution in [0.15, 0.2) is 42.5 Å². The second-order valence-electron chi connectivity index (χ2n) is 9.26. The molecule has 0 saturated carbocycles. The number of fused-ring (bicyclic) bond motifs is 1. The molecule has 1 saturated heterocycles. The predicted octanol–water partition coefficient (Wildman–Crippen LogP) is 3.79. The summed E-state index contributed by atoms with van der Waals surface area (Å²) in [4.78, 5) is 48.9. The summed E-state index contributed by atoms with van der Waals surface area (Å²) in [5.41, 5.74) is 0.969. The van der Waals surface area contributed by atoms with Crippen LogP contribution in [-0.2, 0) is 25.4 Å². The zero-order valence-corrected chi connectivity index (χ0v) is 21.1. The predicted molar refractivity (Wildman–Crippen MR) is 136 cm³/mol. The minimum absolute atomic E-state index is 0.0836. The minimum Gasteiger partial charge on any atom is -0.480 e. The normalized spacial score (nSPS) is 18.2. The molecule has 3 rings (SSSR count). The van der Waals surface area contributed by atoms with Gasteiger partial charge in [0.1, 0.15) is 12.1 Å². The third-order valence-corrected chi connectivity index (χ3v) is 8.42. The van der Waals surface area contributed by atoms with Gasteiger partial charge >= 0.3 is 5.97 Å². The van der Waals surface area contributed by atoms with E-state index in [0.717, 1.165) is 22.8 Å². The molecule has 3 N–H and O–H groups in total. The van der Waals surface area contributed by atoms with Crippen molar-refractivity contribution in [1.82, 2.24) is 10.2 Å². The number of aryl methyl sites for hydroxylation is 1. The molecular formula is C26H35N2O6P. The lowest BCUT2D eigenvalue weighted by Gasteiger charge is -2.26. The molecule has 2 unspecified atom stereocenters. The van der Waals surface area contributed by atoms with Gasteiger partial charge in [-0.2, -0.15) is 0 Å². The smallest absolute Gasteiger partial charge is 0.326 e. The first-order valence-electron chi connectivity index (χ1n) is 12.3. The fourth-order valence-electron chi connectivity index (χ4n) is 4.50. The van der Waals surface area contributed by atoms with Gasteiger partial charge in [-0.25, -0.2) is 4.79 Å². The summed E-state index contributed by atoms with van der Waals surface area (Å²) in [5, 5.41) is 14.1. The molecule has 0 bridgehead atoms. The molecule has 190 valence electrons. The first-order chi connectivity index (χ1) is 16.7. The second kappa shape index (κ2) is 12.3. The van der Waals surface area contributed by atoms with Gasteiger partial charge in [0.2, 0.25) is 19.2 Å². The number of benzene rings is 2. The maximum absolute atomic E-state index is 12.8. The average molecular weight is 503 g/mol. The number of likely N-dealkylation sites (tertiary alicyclic amines) is 1. The Balaban J connectivity index is 1.52. The quantitative estimate of drug-likeness (QED) is 0.380. The topological polar surface area (TPSA) is 124 Å². The number of hydrogen-bond donors (Lipinski definition) is 3. The number of carboxylic acid groups (broad SMARTS) is 1. The van der Waals surface area contributed by atoms with E-state index in [0.29, 0.717) is 38.6 Å². The highest BCUT2D eigenvalue weighted by Gasteiger charge is 2.36. The Labute approximate surface area is 206 Å². The first-order valence-corrected chi connectivity index (χ1v) is 14.3. The second-order valence-corrected chi connectivity index (χ2v) is 11.8. The molecule has 0 radical (unpaired) electrons. The number of amides is 2. The molecule has 1 aliphatic rings. The van der Waals surface area contributed by atoms with Crippen LogP contribution < -0.4 is 5.32 Å². The van der Waals surface area contributed by atoms with Gasteiger partial charge in [-0.05, 0) is 42.0 Å². The van der Waals surface area contributed by atoms with Crippen LogP contribution in [0.25, 0.3) is 10.8 Å². The standard InChI is InChI=1S/C26H35N2O6P/c1-2-3-9-22(26(31)32)27-25(30)23-10-6-15-28(23)24(29)14-17-35(33,34)16-13-19-11-12-20-7-4-5-8-21(20)18-19/h4-5,7-8,11-12,18,22-23H,2-3,6,9-10,13-17H2,1H3,(H,27,30)(H,31,32)(H,33,34)/t22-,23?/m0/s1. The van der Waals surface area contributed by atoms with Crippen LogP contribution in [0, 0.1) is 0 Å². The van der Waals surface area contributed by atoms with E-state index in [9.17, 15) is 28.9 Å². The van der Waals surface area contributed by atoms with Crippen LogP contribution in [0.5, 0.6) is 0 Å². The van der Waals surface area contributed by atoms with Gasteiger partial charge in [0.15, 0.2) is 0 Å². The van der Waals surface area contributed by atoms with Crippen molar-refractivity contribution in [2.45, 2.75) is 64.0 Å². The molecule has 1 aliphatic heterocycles. The Bertz CT molecular complexity index is 1100. The highest BCUT2D eigenvalue weighted by atomic mass is 31.2. The van der Waals surface area contributed by atoms with E-state index in [1.165, 1.54) is 4.90 Å².